The second kappa shape index (κ2) is 7.83. The van der Waals surface area contributed by atoms with Gasteiger partial charge in [-0.25, -0.2) is 15.2 Å². The molecular weight excluding hydrogens is 371 g/mol. The number of carbonyl (C=O) groups excluding carboxylic acids is 1. The molecule has 1 saturated carbocycles. The largest absolute Gasteiger partial charge is 0.373 e. The number of anilines is 1. The van der Waals surface area contributed by atoms with Gasteiger partial charge in [-0.05, 0) is 44.2 Å². The van der Waals surface area contributed by atoms with E-state index in [1.54, 1.807) is 6.07 Å². The number of benzene rings is 1. The van der Waals surface area contributed by atoms with E-state index in [1.807, 2.05) is 6.92 Å². The SMILES string of the molecule is Cc1ccc(F)c2c1NC(C(=O)N[C@@H]1CCC[C@H](N3CCN4CNNC4C3)C1)C2. The molecule has 3 fully saturated rings. The Morgan fingerprint density at radius 1 is 1.24 bits per heavy atom. The summed E-state index contributed by atoms with van der Waals surface area (Å²) in [6.07, 6.45) is 5.17. The molecule has 0 bridgehead atoms. The molecule has 1 aromatic carbocycles. The monoisotopic (exact) mass is 402 g/mol. The number of nitrogens with zero attached hydrogens (tertiary/aromatic N) is 2. The molecule has 1 aliphatic carbocycles. The number of halogens is 1. The first kappa shape index (κ1) is 19.2. The molecule has 5 rings (SSSR count). The second-order valence-corrected chi connectivity index (χ2v) is 8.95. The fraction of sp³-hybridized carbons (Fsp3) is 0.667. The van der Waals surface area contributed by atoms with Crippen LogP contribution in [0, 0.1) is 12.7 Å². The average Bonchev–Trinajstić information content (AvgIpc) is 3.38. The number of hydrogen-bond donors (Lipinski definition) is 4. The molecule has 1 amide bonds. The van der Waals surface area contributed by atoms with Crippen LogP contribution in [0.1, 0.15) is 36.8 Å². The molecule has 0 radical (unpaired) electrons. The molecular formula is C21H31FN6O. The lowest BCUT2D eigenvalue weighted by Gasteiger charge is -2.43. The van der Waals surface area contributed by atoms with Crippen LogP contribution in [0.5, 0.6) is 0 Å². The fourth-order valence-corrected chi connectivity index (χ4v) is 5.42. The van der Waals surface area contributed by atoms with Crippen molar-refractivity contribution >= 4 is 11.6 Å². The van der Waals surface area contributed by atoms with Crippen LogP contribution in [-0.2, 0) is 11.2 Å². The molecule has 2 unspecified atom stereocenters. The summed E-state index contributed by atoms with van der Waals surface area (Å²) in [6, 6.07) is 3.61. The summed E-state index contributed by atoms with van der Waals surface area (Å²) in [5.41, 5.74) is 9.00. The number of carbonyl (C=O) groups is 1. The highest BCUT2D eigenvalue weighted by atomic mass is 19.1. The van der Waals surface area contributed by atoms with E-state index in [9.17, 15) is 9.18 Å². The van der Waals surface area contributed by atoms with Crippen LogP contribution in [0.3, 0.4) is 0 Å². The van der Waals surface area contributed by atoms with E-state index in [4.69, 9.17) is 0 Å². The number of amides is 1. The van der Waals surface area contributed by atoms with E-state index in [-0.39, 0.29) is 23.8 Å². The predicted molar refractivity (Wildman–Crippen MR) is 110 cm³/mol. The zero-order valence-electron chi connectivity index (χ0n) is 17.0. The average molecular weight is 403 g/mol. The fourth-order valence-electron chi connectivity index (χ4n) is 5.42. The van der Waals surface area contributed by atoms with Crippen LogP contribution in [-0.4, -0.2) is 66.3 Å². The minimum absolute atomic E-state index is 0.00266. The lowest BCUT2D eigenvalue weighted by atomic mass is 9.89. The van der Waals surface area contributed by atoms with Gasteiger partial charge in [0.05, 0.1) is 12.8 Å². The second-order valence-electron chi connectivity index (χ2n) is 8.95. The Morgan fingerprint density at radius 3 is 2.97 bits per heavy atom. The van der Waals surface area contributed by atoms with Crippen molar-refractivity contribution in [1.29, 1.82) is 0 Å². The highest BCUT2D eigenvalue weighted by Gasteiger charge is 2.36. The van der Waals surface area contributed by atoms with Gasteiger partial charge in [-0.3, -0.25) is 14.6 Å². The summed E-state index contributed by atoms with van der Waals surface area (Å²) in [4.78, 5) is 17.9. The van der Waals surface area contributed by atoms with Gasteiger partial charge in [-0.15, -0.1) is 0 Å². The maximum absolute atomic E-state index is 14.1. The summed E-state index contributed by atoms with van der Waals surface area (Å²) in [5.74, 6) is -0.225. The molecule has 0 spiro atoms. The molecule has 7 nitrogen and oxygen atoms in total. The normalized spacial score (nSPS) is 32.5. The number of piperazine rings is 1. The smallest absolute Gasteiger partial charge is 0.243 e. The first-order chi connectivity index (χ1) is 14.1. The quantitative estimate of drug-likeness (QED) is 0.603. The molecule has 0 aromatic heterocycles. The van der Waals surface area contributed by atoms with E-state index < -0.39 is 0 Å². The van der Waals surface area contributed by atoms with Crippen molar-refractivity contribution in [3.63, 3.8) is 0 Å². The first-order valence-electron chi connectivity index (χ1n) is 10.9. The lowest BCUT2D eigenvalue weighted by molar-refractivity contribution is -0.122. The minimum Gasteiger partial charge on any atom is -0.373 e. The summed E-state index contributed by atoms with van der Waals surface area (Å²) in [7, 11) is 0. The molecule has 4 atom stereocenters. The van der Waals surface area contributed by atoms with Gasteiger partial charge in [0.2, 0.25) is 5.91 Å². The Bertz CT molecular complexity index is 758. The van der Waals surface area contributed by atoms with Gasteiger partial charge in [0.25, 0.3) is 0 Å². The van der Waals surface area contributed by atoms with Gasteiger partial charge in [0, 0.05) is 49.4 Å². The molecule has 158 valence electrons. The zero-order chi connectivity index (χ0) is 20.0. The van der Waals surface area contributed by atoms with Crippen LogP contribution in [0.4, 0.5) is 10.1 Å². The van der Waals surface area contributed by atoms with E-state index in [0.29, 0.717) is 24.2 Å². The number of rotatable bonds is 3. The van der Waals surface area contributed by atoms with Crippen LogP contribution < -0.4 is 21.5 Å². The highest BCUT2D eigenvalue weighted by molar-refractivity contribution is 5.88. The maximum Gasteiger partial charge on any atom is 0.243 e. The van der Waals surface area contributed by atoms with Gasteiger partial charge in [-0.2, -0.15) is 0 Å². The van der Waals surface area contributed by atoms with Crippen molar-refractivity contribution in [3.8, 4) is 0 Å². The Hall–Kier alpha value is -1.74. The third-order valence-electron chi connectivity index (χ3n) is 7.09. The Labute approximate surface area is 171 Å². The zero-order valence-corrected chi connectivity index (χ0v) is 17.0. The summed E-state index contributed by atoms with van der Waals surface area (Å²) >= 11 is 0. The van der Waals surface area contributed by atoms with E-state index in [2.05, 4.69) is 31.3 Å². The summed E-state index contributed by atoms with van der Waals surface area (Å²) in [5, 5.41) is 6.51. The van der Waals surface area contributed by atoms with Crippen LogP contribution >= 0.6 is 0 Å². The maximum atomic E-state index is 14.1. The third-order valence-corrected chi connectivity index (χ3v) is 7.09. The number of hydrazine groups is 1. The summed E-state index contributed by atoms with van der Waals surface area (Å²) in [6.45, 7) is 6.05. The van der Waals surface area contributed by atoms with Crippen LogP contribution in [0.25, 0.3) is 0 Å². The molecule has 4 N–H and O–H groups in total. The van der Waals surface area contributed by atoms with Crippen molar-refractivity contribution in [2.75, 3.05) is 31.6 Å². The topological polar surface area (TPSA) is 71.7 Å². The van der Waals surface area contributed by atoms with E-state index >= 15 is 0 Å². The van der Waals surface area contributed by atoms with Crippen LogP contribution in [0.2, 0.25) is 0 Å². The van der Waals surface area contributed by atoms with Crippen molar-refractivity contribution < 1.29 is 9.18 Å². The Kier molecular flexibility index (Phi) is 5.19. The molecule has 1 aromatic rings. The van der Waals surface area contributed by atoms with Gasteiger partial charge < -0.3 is 10.6 Å². The Morgan fingerprint density at radius 2 is 2.10 bits per heavy atom. The number of nitrogens with one attached hydrogen (secondary N) is 4. The Balaban J connectivity index is 1.17. The number of fused-ring (bicyclic) bond motifs is 2. The molecule has 8 heteroatoms. The van der Waals surface area contributed by atoms with Gasteiger partial charge in [0.1, 0.15) is 11.9 Å². The third kappa shape index (κ3) is 3.74. The predicted octanol–water partition coefficient (Wildman–Crippen LogP) is 0.907. The van der Waals surface area contributed by atoms with Crippen molar-refractivity contribution in [3.05, 3.63) is 29.1 Å². The lowest BCUT2D eigenvalue weighted by Crippen LogP contribution is -2.58. The van der Waals surface area contributed by atoms with Gasteiger partial charge >= 0.3 is 0 Å². The van der Waals surface area contributed by atoms with Crippen LogP contribution in [0.15, 0.2) is 12.1 Å². The summed E-state index contributed by atoms with van der Waals surface area (Å²) < 4.78 is 14.1. The molecule has 29 heavy (non-hydrogen) atoms. The highest BCUT2D eigenvalue weighted by Crippen LogP contribution is 2.32. The molecule has 3 aliphatic heterocycles. The molecule has 2 saturated heterocycles. The van der Waals surface area contributed by atoms with E-state index in [0.717, 1.165) is 56.8 Å². The molecule has 4 aliphatic rings. The van der Waals surface area contributed by atoms with Crippen molar-refractivity contribution in [2.45, 2.75) is 63.3 Å². The van der Waals surface area contributed by atoms with E-state index in [1.165, 1.54) is 12.5 Å². The number of hydrogen-bond acceptors (Lipinski definition) is 6. The van der Waals surface area contributed by atoms with Gasteiger partial charge in [-0.1, -0.05) is 6.07 Å². The minimum atomic E-state index is -0.377. The number of aryl methyl sites for hydroxylation is 1. The van der Waals surface area contributed by atoms with Crippen molar-refractivity contribution in [2.24, 2.45) is 0 Å². The first-order valence-corrected chi connectivity index (χ1v) is 10.9. The van der Waals surface area contributed by atoms with Crippen molar-refractivity contribution in [1.82, 2.24) is 26.0 Å². The van der Waals surface area contributed by atoms with Gasteiger partial charge in [0.15, 0.2) is 0 Å². The molecule has 3 heterocycles. The standard InChI is InChI=1S/C21H31FN6O/c1-13-5-6-17(22)16-10-18(25-20(13)16)21(29)24-14-3-2-4-15(9-14)27-7-8-28-12-23-26-19(28)11-27/h5-6,14-15,18-19,23,25-26H,2-4,7-12H2,1H3,(H,24,29)/t14-,15+,18?,19?/m1/s1.